The normalized spacial score (nSPS) is 11.8. The quantitative estimate of drug-likeness (QED) is 0.349. The fourth-order valence-electron chi connectivity index (χ4n) is 3.16. The highest BCUT2D eigenvalue weighted by molar-refractivity contribution is 4.68. The van der Waals surface area contributed by atoms with Crippen molar-refractivity contribution in [2.45, 2.75) is 55.4 Å². The lowest BCUT2D eigenvalue weighted by atomic mass is 10.3. The van der Waals surface area contributed by atoms with E-state index in [1.54, 1.807) is 0 Å². The Morgan fingerprint density at radius 1 is 0.357 bits per heavy atom. The predicted octanol–water partition coefficient (Wildman–Crippen LogP) is 3.27. The Morgan fingerprint density at radius 2 is 0.643 bits per heavy atom. The van der Waals surface area contributed by atoms with Gasteiger partial charge in [0.15, 0.2) is 0 Å². The largest absolute Gasteiger partial charge is 0.305 e. The lowest BCUT2D eigenvalue weighted by molar-refractivity contribution is 0.160. The lowest BCUT2D eigenvalue weighted by Gasteiger charge is -2.31. The first kappa shape index (κ1) is 30.0. The summed E-state index contributed by atoms with van der Waals surface area (Å²) < 4.78 is 0. The van der Waals surface area contributed by atoms with Crippen molar-refractivity contribution < 1.29 is 0 Å². The molecule has 0 aliphatic rings. The molecule has 0 radical (unpaired) electrons. The van der Waals surface area contributed by atoms with Crippen molar-refractivity contribution in [1.82, 2.24) is 24.5 Å². The van der Waals surface area contributed by atoms with E-state index in [0.29, 0.717) is 0 Å². The molecule has 172 valence electrons. The van der Waals surface area contributed by atoms with Crippen molar-refractivity contribution in [3.05, 3.63) is 0 Å². The standard InChI is InChI=1S/C21H49N5.C2H6/c1-8-22(7)14-15-26(20-17-24(11-4)12-5)21-19-25(13-6)18-16-23(9-2)10-3;1-2/h8-21H2,1-7H3;1-2H3. The van der Waals surface area contributed by atoms with Gasteiger partial charge in [-0.1, -0.05) is 55.4 Å². The number of likely N-dealkylation sites (N-methyl/N-ethyl adjacent to an activating group) is 4. The Labute approximate surface area is 179 Å². The molecule has 0 rings (SSSR count). The molecule has 0 spiro atoms. The van der Waals surface area contributed by atoms with E-state index < -0.39 is 0 Å². The molecule has 0 aliphatic carbocycles. The highest BCUT2D eigenvalue weighted by Crippen LogP contribution is 1.98. The van der Waals surface area contributed by atoms with Crippen LogP contribution in [0.15, 0.2) is 0 Å². The summed E-state index contributed by atoms with van der Waals surface area (Å²) >= 11 is 0. The summed E-state index contributed by atoms with van der Waals surface area (Å²) in [6.07, 6.45) is 0. The SMILES string of the molecule is CC.CCN(C)CCN(CCN(CC)CC)CCN(CC)CCN(CC)CC. The molecule has 0 aromatic rings. The third kappa shape index (κ3) is 15.7. The molecule has 0 aromatic carbocycles. The van der Waals surface area contributed by atoms with Gasteiger partial charge in [-0.05, 0) is 46.3 Å². The number of hydrogen-bond acceptors (Lipinski definition) is 5. The summed E-state index contributed by atoms with van der Waals surface area (Å²) in [5.41, 5.74) is 0. The third-order valence-electron chi connectivity index (χ3n) is 5.77. The molecule has 0 unspecified atom stereocenters. The van der Waals surface area contributed by atoms with E-state index in [2.05, 4.69) is 73.1 Å². The van der Waals surface area contributed by atoms with E-state index in [9.17, 15) is 0 Å². The van der Waals surface area contributed by atoms with Gasteiger partial charge in [0.2, 0.25) is 0 Å². The Kier molecular flexibility index (Phi) is 23.0. The highest BCUT2D eigenvalue weighted by atomic mass is 15.2. The molecule has 0 aliphatic heterocycles. The van der Waals surface area contributed by atoms with Gasteiger partial charge in [-0.15, -0.1) is 0 Å². The van der Waals surface area contributed by atoms with Crippen LogP contribution in [0.25, 0.3) is 0 Å². The van der Waals surface area contributed by atoms with Gasteiger partial charge >= 0.3 is 0 Å². The minimum atomic E-state index is 1.13. The maximum atomic E-state index is 2.67. The molecule has 0 aromatic heterocycles. The van der Waals surface area contributed by atoms with Gasteiger partial charge in [0, 0.05) is 52.4 Å². The van der Waals surface area contributed by atoms with Crippen LogP contribution in [0.3, 0.4) is 0 Å². The Bertz CT molecular complexity index is 293. The van der Waals surface area contributed by atoms with Crippen molar-refractivity contribution in [3.8, 4) is 0 Å². The topological polar surface area (TPSA) is 16.2 Å². The van der Waals surface area contributed by atoms with Gasteiger partial charge in [0.25, 0.3) is 0 Å². The first-order valence-electron chi connectivity index (χ1n) is 12.1. The van der Waals surface area contributed by atoms with Gasteiger partial charge in [0.1, 0.15) is 0 Å². The van der Waals surface area contributed by atoms with Crippen LogP contribution < -0.4 is 0 Å². The Hall–Kier alpha value is -0.200. The molecule has 5 nitrogen and oxygen atoms in total. The van der Waals surface area contributed by atoms with Crippen LogP contribution in [-0.4, -0.2) is 123 Å². The van der Waals surface area contributed by atoms with Crippen LogP contribution in [0.5, 0.6) is 0 Å². The van der Waals surface area contributed by atoms with Crippen LogP contribution in [0, 0.1) is 0 Å². The van der Waals surface area contributed by atoms with Crippen molar-refractivity contribution in [3.63, 3.8) is 0 Å². The number of hydrogen-bond donors (Lipinski definition) is 0. The Balaban J connectivity index is 0. The summed E-state index contributed by atoms with van der Waals surface area (Å²) in [5.74, 6) is 0. The lowest BCUT2D eigenvalue weighted by Crippen LogP contribution is -2.44. The molecule has 0 N–H and O–H groups in total. The van der Waals surface area contributed by atoms with Gasteiger partial charge in [0.05, 0.1) is 0 Å². The first-order chi connectivity index (χ1) is 13.5. The summed E-state index contributed by atoms with van der Waals surface area (Å²) in [6, 6.07) is 0. The molecule has 0 atom stereocenters. The molecular weight excluding hydrogens is 346 g/mol. The second-order valence-electron chi connectivity index (χ2n) is 7.23. The summed E-state index contributed by atoms with van der Waals surface area (Å²) in [6.45, 7) is 34.0. The molecule has 0 saturated carbocycles. The molecule has 0 bridgehead atoms. The smallest absolute Gasteiger partial charge is 0.0110 e. The second-order valence-corrected chi connectivity index (χ2v) is 7.23. The minimum absolute atomic E-state index is 1.13. The minimum Gasteiger partial charge on any atom is -0.305 e. The number of rotatable bonds is 18. The van der Waals surface area contributed by atoms with E-state index >= 15 is 0 Å². The molecule has 0 fully saturated rings. The fourth-order valence-corrected chi connectivity index (χ4v) is 3.16. The van der Waals surface area contributed by atoms with Crippen molar-refractivity contribution in [2.24, 2.45) is 0 Å². The molecule has 28 heavy (non-hydrogen) atoms. The summed E-state index contributed by atoms with van der Waals surface area (Å²) in [5, 5.41) is 0. The maximum Gasteiger partial charge on any atom is 0.0110 e. The molecule has 0 heterocycles. The summed E-state index contributed by atoms with van der Waals surface area (Å²) in [4.78, 5) is 12.8. The summed E-state index contributed by atoms with van der Waals surface area (Å²) in [7, 11) is 2.23. The first-order valence-corrected chi connectivity index (χ1v) is 12.1. The van der Waals surface area contributed by atoms with Gasteiger partial charge in [-0.25, -0.2) is 0 Å². The van der Waals surface area contributed by atoms with Gasteiger partial charge in [-0.3, -0.25) is 4.90 Å². The van der Waals surface area contributed by atoms with E-state index in [0.717, 1.165) is 39.3 Å². The average molecular weight is 402 g/mol. The van der Waals surface area contributed by atoms with Crippen LogP contribution in [0.1, 0.15) is 55.4 Å². The van der Waals surface area contributed by atoms with Crippen LogP contribution in [-0.2, 0) is 0 Å². The van der Waals surface area contributed by atoms with Gasteiger partial charge in [-0.2, -0.15) is 0 Å². The molecule has 0 saturated heterocycles. The van der Waals surface area contributed by atoms with E-state index in [4.69, 9.17) is 0 Å². The third-order valence-corrected chi connectivity index (χ3v) is 5.77. The highest BCUT2D eigenvalue weighted by Gasteiger charge is 2.11. The van der Waals surface area contributed by atoms with Crippen molar-refractivity contribution in [2.75, 3.05) is 98.7 Å². The van der Waals surface area contributed by atoms with Crippen LogP contribution >= 0.6 is 0 Å². The monoisotopic (exact) mass is 401 g/mol. The van der Waals surface area contributed by atoms with Crippen molar-refractivity contribution in [1.29, 1.82) is 0 Å². The average Bonchev–Trinajstić information content (AvgIpc) is 2.75. The molecule has 0 amide bonds. The fraction of sp³-hybridized carbons (Fsp3) is 1.00. The van der Waals surface area contributed by atoms with E-state index in [-0.39, 0.29) is 0 Å². The zero-order chi connectivity index (χ0) is 21.8. The Morgan fingerprint density at radius 3 is 0.964 bits per heavy atom. The van der Waals surface area contributed by atoms with Crippen LogP contribution in [0.2, 0.25) is 0 Å². The molecule has 5 heteroatoms. The zero-order valence-corrected chi connectivity index (χ0v) is 21.1. The number of nitrogens with zero attached hydrogens (tertiary/aromatic N) is 5. The second kappa shape index (κ2) is 21.5. The molecular formula is C23H55N5. The van der Waals surface area contributed by atoms with Crippen molar-refractivity contribution >= 4 is 0 Å². The van der Waals surface area contributed by atoms with Crippen LogP contribution in [0.4, 0.5) is 0 Å². The predicted molar refractivity (Wildman–Crippen MR) is 129 cm³/mol. The maximum absolute atomic E-state index is 2.67. The van der Waals surface area contributed by atoms with E-state index in [1.807, 2.05) is 13.8 Å². The zero-order valence-electron chi connectivity index (χ0n) is 21.1. The van der Waals surface area contributed by atoms with Gasteiger partial charge < -0.3 is 19.6 Å². The van der Waals surface area contributed by atoms with E-state index in [1.165, 1.54) is 52.4 Å².